The van der Waals surface area contributed by atoms with Crippen LogP contribution in [-0.4, -0.2) is 35.5 Å². The normalized spacial score (nSPS) is 23.1. The fourth-order valence-electron chi connectivity index (χ4n) is 2.32. The third kappa shape index (κ3) is 2.00. The predicted octanol–water partition coefficient (Wildman–Crippen LogP) is 1.84. The van der Waals surface area contributed by atoms with E-state index in [9.17, 15) is 9.59 Å². The highest BCUT2D eigenvalue weighted by Gasteiger charge is 2.47. The van der Waals surface area contributed by atoms with Crippen molar-refractivity contribution in [1.82, 2.24) is 4.90 Å². The summed E-state index contributed by atoms with van der Waals surface area (Å²) in [6, 6.07) is 3.26. The minimum absolute atomic E-state index is 0.256. The van der Waals surface area contributed by atoms with Gasteiger partial charge in [0.1, 0.15) is 5.54 Å². The molecule has 0 bridgehead atoms. The summed E-state index contributed by atoms with van der Waals surface area (Å²) in [7, 11) is 0. The monoisotopic (exact) mass is 251 g/mol. The van der Waals surface area contributed by atoms with Gasteiger partial charge in [0, 0.05) is 6.54 Å². The van der Waals surface area contributed by atoms with Crippen molar-refractivity contribution in [3.8, 4) is 0 Å². The van der Waals surface area contributed by atoms with Crippen LogP contribution in [0.25, 0.3) is 0 Å². The lowest BCUT2D eigenvalue weighted by molar-refractivity contribution is -0.153. The number of hydrogen-bond donors (Lipinski definition) is 0. The van der Waals surface area contributed by atoms with Gasteiger partial charge in [-0.15, -0.1) is 0 Å². The lowest BCUT2D eigenvalue weighted by Gasteiger charge is -2.32. The predicted molar refractivity (Wildman–Crippen MR) is 64.0 cm³/mol. The zero-order chi connectivity index (χ0) is 13.2. The Bertz CT molecular complexity index is 440. The number of likely N-dealkylation sites (tertiary alicyclic amines) is 1. The number of nitrogens with zero attached hydrogens (tertiary/aromatic N) is 1. The van der Waals surface area contributed by atoms with Crippen LogP contribution in [-0.2, 0) is 9.53 Å². The zero-order valence-electron chi connectivity index (χ0n) is 10.6. The molecule has 0 radical (unpaired) electrons. The van der Waals surface area contributed by atoms with Gasteiger partial charge in [-0.25, -0.2) is 4.79 Å². The Morgan fingerprint density at radius 1 is 1.56 bits per heavy atom. The van der Waals surface area contributed by atoms with Gasteiger partial charge in [0.25, 0.3) is 5.91 Å². The topological polar surface area (TPSA) is 59.8 Å². The summed E-state index contributed by atoms with van der Waals surface area (Å²) >= 11 is 0. The van der Waals surface area contributed by atoms with Gasteiger partial charge in [0.2, 0.25) is 0 Å². The molecule has 5 heteroatoms. The fraction of sp³-hybridized carbons (Fsp3) is 0.538. The highest BCUT2D eigenvalue weighted by molar-refractivity contribution is 5.96. The van der Waals surface area contributed by atoms with E-state index in [-0.39, 0.29) is 17.6 Å². The molecule has 1 aliphatic heterocycles. The first-order valence-corrected chi connectivity index (χ1v) is 6.12. The standard InChI is InChI=1S/C13H17NO4/c1-3-17-12(16)13(2)7-5-8-14(13)11(15)10-6-4-9-18-10/h4,6,9H,3,5,7-8H2,1-2H3. The summed E-state index contributed by atoms with van der Waals surface area (Å²) in [5, 5.41) is 0. The largest absolute Gasteiger partial charge is 0.464 e. The summed E-state index contributed by atoms with van der Waals surface area (Å²) in [5.74, 6) is -0.345. The Hall–Kier alpha value is -1.78. The number of rotatable bonds is 3. The summed E-state index contributed by atoms with van der Waals surface area (Å²) in [6.45, 7) is 4.37. The first-order valence-electron chi connectivity index (χ1n) is 6.12. The third-order valence-corrected chi connectivity index (χ3v) is 3.33. The number of carbonyl (C=O) groups is 2. The van der Waals surface area contributed by atoms with Crippen molar-refractivity contribution in [3.05, 3.63) is 24.2 Å². The van der Waals surface area contributed by atoms with E-state index >= 15 is 0 Å². The van der Waals surface area contributed by atoms with Gasteiger partial charge in [-0.2, -0.15) is 0 Å². The minimum atomic E-state index is -0.875. The van der Waals surface area contributed by atoms with E-state index < -0.39 is 5.54 Å². The number of ether oxygens (including phenoxy) is 1. The molecule has 1 saturated heterocycles. The quantitative estimate of drug-likeness (QED) is 0.769. The van der Waals surface area contributed by atoms with Gasteiger partial charge in [0.15, 0.2) is 5.76 Å². The van der Waals surface area contributed by atoms with Crippen molar-refractivity contribution >= 4 is 11.9 Å². The van der Waals surface area contributed by atoms with Crippen LogP contribution in [0.3, 0.4) is 0 Å². The smallest absolute Gasteiger partial charge is 0.331 e. The molecule has 1 fully saturated rings. The Morgan fingerprint density at radius 3 is 2.94 bits per heavy atom. The van der Waals surface area contributed by atoms with Crippen LogP contribution in [0, 0.1) is 0 Å². The second kappa shape index (κ2) is 4.84. The van der Waals surface area contributed by atoms with E-state index in [2.05, 4.69) is 0 Å². The lowest BCUT2D eigenvalue weighted by Crippen LogP contribution is -2.51. The molecule has 98 valence electrons. The molecule has 2 rings (SSSR count). The molecule has 1 amide bonds. The molecule has 1 aromatic heterocycles. The highest BCUT2D eigenvalue weighted by atomic mass is 16.5. The average Bonchev–Trinajstić information content (AvgIpc) is 2.98. The molecular formula is C13H17NO4. The van der Waals surface area contributed by atoms with E-state index in [0.717, 1.165) is 6.42 Å². The van der Waals surface area contributed by atoms with Crippen LogP contribution in [0.4, 0.5) is 0 Å². The number of esters is 1. The molecule has 0 aromatic carbocycles. The molecule has 2 heterocycles. The van der Waals surface area contributed by atoms with Crippen LogP contribution in [0.15, 0.2) is 22.8 Å². The van der Waals surface area contributed by atoms with Crippen LogP contribution >= 0.6 is 0 Å². The molecule has 18 heavy (non-hydrogen) atoms. The molecule has 1 aliphatic rings. The SMILES string of the molecule is CCOC(=O)C1(C)CCCN1C(=O)c1ccco1. The highest BCUT2D eigenvalue weighted by Crippen LogP contribution is 2.31. The molecule has 0 aliphatic carbocycles. The molecule has 1 atom stereocenters. The number of furan rings is 1. The molecule has 0 spiro atoms. The molecule has 1 unspecified atom stereocenters. The molecule has 1 aromatic rings. The maximum atomic E-state index is 12.3. The maximum absolute atomic E-state index is 12.3. The van der Waals surface area contributed by atoms with E-state index in [0.29, 0.717) is 19.6 Å². The van der Waals surface area contributed by atoms with Crippen LogP contribution < -0.4 is 0 Å². The Balaban J connectivity index is 2.22. The van der Waals surface area contributed by atoms with Crippen LogP contribution in [0.1, 0.15) is 37.2 Å². The minimum Gasteiger partial charge on any atom is -0.464 e. The molecular weight excluding hydrogens is 234 g/mol. The fourth-order valence-corrected chi connectivity index (χ4v) is 2.32. The summed E-state index contributed by atoms with van der Waals surface area (Å²) < 4.78 is 10.2. The second-order valence-corrected chi connectivity index (χ2v) is 4.53. The van der Waals surface area contributed by atoms with Gasteiger partial charge >= 0.3 is 5.97 Å². The average molecular weight is 251 g/mol. The van der Waals surface area contributed by atoms with Gasteiger partial charge in [-0.1, -0.05) is 0 Å². The third-order valence-electron chi connectivity index (χ3n) is 3.33. The van der Waals surface area contributed by atoms with Crippen molar-refractivity contribution < 1.29 is 18.7 Å². The number of carbonyl (C=O) groups excluding carboxylic acids is 2. The number of hydrogen-bond acceptors (Lipinski definition) is 4. The Labute approximate surface area is 106 Å². The van der Waals surface area contributed by atoms with E-state index in [1.807, 2.05) is 0 Å². The van der Waals surface area contributed by atoms with E-state index in [4.69, 9.17) is 9.15 Å². The van der Waals surface area contributed by atoms with Gasteiger partial charge < -0.3 is 14.1 Å². The number of amides is 1. The zero-order valence-corrected chi connectivity index (χ0v) is 10.6. The van der Waals surface area contributed by atoms with Gasteiger partial charge in [-0.05, 0) is 38.8 Å². The first kappa shape index (κ1) is 12.7. The summed E-state index contributed by atoms with van der Waals surface area (Å²) in [5.41, 5.74) is -0.875. The van der Waals surface area contributed by atoms with Crippen molar-refractivity contribution in [2.45, 2.75) is 32.2 Å². The van der Waals surface area contributed by atoms with Crippen molar-refractivity contribution in [2.24, 2.45) is 0 Å². The van der Waals surface area contributed by atoms with Crippen molar-refractivity contribution in [3.63, 3.8) is 0 Å². The van der Waals surface area contributed by atoms with Crippen LogP contribution in [0.2, 0.25) is 0 Å². The Kier molecular flexibility index (Phi) is 3.41. The molecule has 0 N–H and O–H groups in total. The van der Waals surface area contributed by atoms with Crippen molar-refractivity contribution in [1.29, 1.82) is 0 Å². The second-order valence-electron chi connectivity index (χ2n) is 4.53. The lowest BCUT2D eigenvalue weighted by atomic mass is 9.99. The van der Waals surface area contributed by atoms with Gasteiger partial charge in [0.05, 0.1) is 12.9 Å². The van der Waals surface area contributed by atoms with Crippen molar-refractivity contribution in [2.75, 3.05) is 13.2 Å². The molecule has 0 saturated carbocycles. The van der Waals surface area contributed by atoms with Gasteiger partial charge in [-0.3, -0.25) is 4.79 Å². The van der Waals surface area contributed by atoms with E-state index in [1.165, 1.54) is 6.26 Å². The Morgan fingerprint density at radius 2 is 2.33 bits per heavy atom. The first-order chi connectivity index (χ1) is 8.59. The van der Waals surface area contributed by atoms with Crippen LogP contribution in [0.5, 0.6) is 0 Å². The molecule has 5 nitrogen and oxygen atoms in total. The summed E-state index contributed by atoms with van der Waals surface area (Å²) in [6.07, 6.45) is 2.87. The van der Waals surface area contributed by atoms with E-state index in [1.54, 1.807) is 30.9 Å². The maximum Gasteiger partial charge on any atom is 0.331 e. The summed E-state index contributed by atoms with van der Waals surface area (Å²) in [4.78, 5) is 25.8.